The lowest BCUT2D eigenvalue weighted by atomic mass is 10.3. The number of carboxylic acids is 1. The van der Waals surface area contributed by atoms with Gasteiger partial charge in [0.2, 0.25) is 0 Å². The summed E-state index contributed by atoms with van der Waals surface area (Å²) in [5.74, 6) is -0.895. The summed E-state index contributed by atoms with van der Waals surface area (Å²) < 4.78 is 0. The van der Waals surface area contributed by atoms with Gasteiger partial charge in [-0.25, -0.2) is 4.79 Å². The van der Waals surface area contributed by atoms with Gasteiger partial charge in [0.25, 0.3) is 0 Å². The number of carbonyl (C=O) groups is 1. The lowest BCUT2D eigenvalue weighted by Gasteiger charge is -2.27. The van der Waals surface area contributed by atoms with Gasteiger partial charge >= 0.3 is 5.97 Å². The van der Waals surface area contributed by atoms with Crippen molar-refractivity contribution in [2.45, 2.75) is 6.42 Å². The minimum Gasteiger partial charge on any atom is -1.00 e. The number of rotatable bonds is 7. The number of allylic oxidation sites excluding steroid dienone is 1. The normalized spacial score (nSPS) is 11.1. The van der Waals surface area contributed by atoms with E-state index in [0.29, 0.717) is 0 Å². The van der Waals surface area contributed by atoms with E-state index in [9.17, 15) is 4.79 Å². The maximum absolute atomic E-state index is 10.9. The third kappa shape index (κ3) is 4.94. The van der Waals surface area contributed by atoms with Crippen LogP contribution in [0.2, 0.25) is 0 Å². The van der Waals surface area contributed by atoms with Gasteiger partial charge in [-0.2, -0.15) is 0 Å². The molecule has 3 rings (SSSR count). The maximum Gasteiger partial charge on any atom is 0.327 e. The summed E-state index contributed by atoms with van der Waals surface area (Å²) in [5, 5.41) is 12.9. The van der Waals surface area contributed by atoms with Gasteiger partial charge < -0.3 is 22.1 Å². The minimum absolute atomic E-state index is 0. The SMILES string of the molecule is O=C(O)/C=C\CC[P+](c1ccccc1)(c1ccccc1)c1ccccc1.[Br-]. The predicted octanol–water partition coefficient (Wildman–Crippen LogP) is 1.02. The molecule has 0 aliphatic carbocycles. The average Bonchev–Trinajstić information content (AvgIpc) is 2.70. The number of hydrogen-bond donors (Lipinski definition) is 1. The van der Waals surface area contributed by atoms with Crippen molar-refractivity contribution in [3.63, 3.8) is 0 Å². The molecule has 0 spiro atoms. The molecule has 1 N–H and O–H groups in total. The average molecular weight is 441 g/mol. The summed E-state index contributed by atoms with van der Waals surface area (Å²) in [5.41, 5.74) is 0. The highest BCUT2D eigenvalue weighted by molar-refractivity contribution is 7.95. The Balaban J connectivity index is 0.00000261. The number of aliphatic carboxylic acids is 1. The minimum atomic E-state index is -1.86. The third-order valence-corrected chi connectivity index (χ3v) is 8.95. The van der Waals surface area contributed by atoms with E-state index in [1.807, 2.05) is 18.2 Å². The van der Waals surface area contributed by atoms with Crippen LogP contribution in [0.25, 0.3) is 0 Å². The van der Waals surface area contributed by atoms with Crippen molar-refractivity contribution in [1.82, 2.24) is 0 Å². The fourth-order valence-corrected chi connectivity index (χ4v) is 7.58. The first-order valence-electron chi connectivity index (χ1n) is 8.68. The Morgan fingerprint density at radius 1 is 0.741 bits per heavy atom. The molecule has 4 heteroatoms. The van der Waals surface area contributed by atoms with Crippen molar-refractivity contribution in [3.05, 3.63) is 103 Å². The van der Waals surface area contributed by atoms with Crippen molar-refractivity contribution in [2.75, 3.05) is 6.16 Å². The zero-order valence-electron chi connectivity index (χ0n) is 14.9. The van der Waals surface area contributed by atoms with Crippen LogP contribution in [-0.2, 0) is 4.79 Å². The Hall–Kier alpha value is -2.22. The van der Waals surface area contributed by atoms with Gasteiger partial charge in [0.15, 0.2) is 0 Å². The summed E-state index contributed by atoms with van der Waals surface area (Å²) in [6.07, 6.45) is 4.63. The molecular formula is C23H22BrO2P. The van der Waals surface area contributed by atoms with Gasteiger partial charge in [0, 0.05) is 12.5 Å². The van der Waals surface area contributed by atoms with Crippen molar-refractivity contribution in [2.24, 2.45) is 0 Å². The van der Waals surface area contributed by atoms with Crippen LogP contribution in [0, 0.1) is 0 Å². The molecule has 3 aromatic carbocycles. The van der Waals surface area contributed by atoms with Crippen LogP contribution in [0.15, 0.2) is 103 Å². The second-order valence-corrected chi connectivity index (χ2v) is 9.69. The number of carboxylic acid groups (broad SMARTS) is 1. The van der Waals surface area contributed by atoms with E-state index in [1.165, 1.54) is 22.0 Å². The van der Waals surface area contributed by atoms with Gasteiger partial charge in [0.05, 0.1) is 6.16 Å². The lowest BCUT2D eigenvalue weighted by Crippen LogP contribution is -3.00. The Kier molecular flexibility index (Phi) is 7.97. The summed E-state index contributed by atoms with van der Waals surface area (Å²) in [6.45, 7) is 0. The fourth-order valence-electron chi connectivity index (χ4n) is 3.33. The zero-order valence-corrected chi connectivity index (χ0v) is 17.4. The fraction of sp³-hybridized carbons (Fsp3) is 0.0870. The quantitative estimate of drug-likeness (QED) is 0.439. The standard InChI is InChI=1S/C23H21O2P.BrH/c24-23(25)18-10-11-19-26(20-12-4-1-5-13-20,21-14-6-2-7-15-21)22-16-8-3-9-17-22;/h1-10,12-18H,11,19H2;1H/b18-10-;. The van der Waals surface area contributed by atoms with E-state index in [-0.39, 0.29) is 17.0 Å². The molecule has 0 heterocycles. The molecule has 0 atom stereocenters. The summed E-state index contributed by atoms with van der Waals surface area (Å²) in [6, 6.07) is 31.9. The molecule has 0 saturated heterocycles. The van der Waals surface area contributed by atoms with Gasteiger partial charge in [-0.1, -0.05) is 60.7 Å². The number of hydrogen-bond acceptors (Lipinski definition) is 1. The molecule has 0 amide bonds. The molecule has 2 nitrogen and oxygen atoms in total. The van der Waals surface area contributed by atoms with Crippen LogP contribution in [0.3, 0.4) is 0 Å². The molecule has 138 valence electrons. The van der Waals surface area contributed by atoms with Crippen LogP contribution >= 0.6 is 7.26 Å². The van der Waals surface area contributed by atoms with E-state index in [1.54, 1.807) is 6.08 Å². The van der Waals surface area contributed by atoms with Crippen LogP contribution in [0.4, 0.5) is 0 Å². The van der Waals surface area contributed by atoms with Crippen molar-refractivity contribution >= 4 is 29.1 Å². The zero-order chi connectivity index (χ0) is 18.2. The third-order valence-electron chi connectivity index (χ3n) is 4.48. The molecule has 0 unspecified atom stereocenters. The second kappa shape index (κ2) is 10.2. The van der Waals surface area contributed by atoms with E-state index in [4.69, 9.17) is 5.11 Å². The highest BCUT2D eigenvalue weighted by Crippen LogP contribution is 2.55. The Labute approximate surface area is 171 Å². The smallest absolute Gasteiger partial charge is 0.327 e. The lowest BCUT2D eigenvalue weighted by molar-refractivity contribution is -0.131. The van der Waals surface area contributed by atoms with E-state index in [0.717, 1.165) is 12.6 Å². The molecule has 0 aromatic heterocycles. The molecule has 0 fully saturated rings. The maximum atomic E-state index is 10.9. The van der Waals surface area contributed by atoms with Crippen LogP contribution in [0.5, 0.6) is 0 Å². The monoisotopic (exact) mass is 440 g/mol. The predicted molar refractivity (Wildman–Crippen MR) is 111 cm³/mol. The van der Waals surface area contributed by atoms with Gasteiger partial charge in [-0.15, -0.1) is 0 Å². The van der Waals surface area contributed by atoms with Crippen LogP contribution in [-0.4, -0.2) is 17.2 Å². The Morgan fingerprint density at radius 2 is 1.11 bits per heavy atom. The first-order valence-corrected chi connectivity index (χ1v) is 10.7. The molecule has 27 heavy (non-hydrogen) atoms. The Bertz CT molecular complexity index is 768. The van der Waals surface area contributed by atoms with E-state index >= 15 is 0 Å². The van der Waals surface area contributed by atoms with Crippen molar-refractivity contribution < 1.29 is 26.9 Å². The topological polar surface area (TPSA) is 37.3 Å². The molecule has 0 bridgehead atoms. The van der Waals surface area contributed by atoms with Crippen molar-refractivity contribution in [1.29, 1.82) is 0 Å². The highest BCUT2D eigenvalue weighted by Gasteiger charge is 2.44. The summed E-state index contributed by atoms with van der Waals surface area (Å²) in [7, 11) is -1.86. The highest BCUT2D eigenvalue weighted by atomic mass is 79.9. The first kappa shape index (κ1) is 21.1. The molecule has 3 aromatic rings. The molecule has 0 aliphatic rings. The van der Waals surface area contributed by atoms with Crippen molar-refractivity contribution in [3.8, 4) is 0 Å². The molecular weight excluding hydrogens is 419 g/mol. The van der Waals surface area contributed by atoms with Gasteiger partial charge in [-0.05, 0) is 36.4 Å². The summed E-state index contributed by atoms with van der Waals surface area (Å²) in [4.78, 5) is 10.9. The van der Waals surface area contributed by atoms with Gasteiger partial charge in [0.1, 0.15) is 23.2 Å². The van der Waals surface area contributed by atoms with Crippen LogP contribution < -0.4 is 32.9 Å². The molecule has 0 aliphatic heterocycles. The molecule has 0 saturated carbocycles. The van der Waals surface area contributed by atoms with Gasteiger partial charge in [-0.3, -0.25) is 0 Å². The Morgan fingerprint density at radius 3 is 1.44 bits per heavy atom. The largest absolute Gasteiger partial charge is 1.00 e. The van der Waals surface area contributed by atoms with Crippen LogP contribution in [0.1, 0.15) is 6.42 Å². The first-order chi connectivity index (χ1) is 12.7. The molecule has 0 radical (unpaired) electrons. The number of halogens is 1. The number of benzene rings is 3. The second-order valence-electron chi connectivity index (χ2n) is 6.07. The van der Waals surface area contributed by atoms with E-state index in [2.05, 4.69) is 72.8 Å². The van der Waals surface area contributed by atoms with E-state index < -0.39 is 13.2 Å². The summed E-state index contributed by atoms with van der Waals surface area (Å²) >= 11 is 0.